The Bertz CT molecular complexity index is 1110. The van der Waals surface area contributed by atoms with Crippen molar-refractivity contribution < 1.29 is 14.3 Å². The van der Waals surface area contributed by atoms with E-state index in [-0.39, 0.29) is 23.8 Å². The maximum Gasteiger partial charge on any atom is 0.341 e. The summed E-state index contributed by atoms with van der Waals surface area (Å²) in [5.74, 6) is -0.685. The first-order valence-electron chi connectivity index (χ1n) is 8.50. The van der Waals surface area contributed by atoms with E-state index >= 15 is 0 Å². The fraction of sp³-hybridized carbons (Fsp3) is 0.333. The largest absolute Gasteiger partial charge is 0.462 e. The first kappa shape index (κ1) is 20.6. The number of hydrogen-bond donors (Lipinski definition) is 2. The average Bonchev–Trinajstić information content (AvgIpc) is 3.13. The summed E-state index contributed by atoms with van der Waals surface area (Å²) in [5, 5.41) is 4.20. The van der Waals surface area contributed by atoms with Crippen LogP contribution < -0.4 is 10.9 Å². The second-order valence-corrected chi connectivity index (χ2v) is 9.42. The smallest absolute Gasteiger partial charge is 0.341 e. The Hall–Kier alpha value is -2.17. The van der Waals surface area contributed by atoms with Crippen LogP contribution in [0.3, 0.4) is 0 Å². The van der Waals surface area contributed by atoms with Crippen LogP contribution >= 0.6 is 34.4 Å². The number of aromatic nitrogens is 2. The Balaban J connectivity index is 1.72. The van der Waals surface area contributed by atoms with Crippen LogP contribution in [0.5, 0.6) is 0 Å². The van der Waals surface area contributed by atoms with Gasteiger partial charge in [0.25, 0.3) is 5.56 Å². The highest BCUT2D eigenvalue weighted by atomic mass is 32.2. The van der Waals surface area contributed by atoms with Crippen molar-refractivity contribution in [2.45, 2.75) is 32.9 Å². The lowest BCUT2D eigenvalue weighted by atomic mass is 10.1. The number of esters is 1. The SMILES string of the molecule is CCOC(=O)c1c(NC(=O)CSc2nc3sc(C)cc3c(=O)[nH]2)sc(C)c1C. The number of carbonyl (C=O) groups is 2. The van der Waals surface area contributed by atoms with Crippen molar-refractivity contribution in [3.05, 3.63) is 37.3 Å². The monoisotopic (exact) mass is 437 g/mol. The maximum atomic E-state index is 12.4. The molecule has 0 radical (unpaired) electrons. The summed E-state index contributed by atoms with van der Waals surface area (Å²) in [4.78, 5) is 46.4. The van der Waals surface area contributed by atoms with Crippen LogP contribution in [0.2, 0.25) is 0 Å². The third-order valence-electron chi connectivity index (χ3n) is 3.96. The van der Waals surface area contributed by atoms with Gasteiger partial charge in [0, 0.05) is 9.75 Å². The number of carbonyl (C=O) groups excluding carboxylic acids is 2. The molecule has 0 fully saturated rings. The molecule has 28 heavy (non-hydrogen) atoms. The molecule has 0 unspecified atom stereocenters. The minimum Gasteiger partial charge on any atom is -0.462 e. The van der Waals surface area contributed by atoms with E-state index < -0.39 is 5.97 Å². The molecule has 3 rings (SSSR count). The molecule has 3 heterocycles. The molecule has 2 N–H and O–H groups in total. The minimum atomic E-state index is -0.447. The van der Waals surface area contributed by atoms with Crippen LogP contribution in [0.25, 0.3) is 10.2 Å². The van der Waals surface area contributed by atoms with Gasteiger partial charge in [0.1, 0.15) is 9.83 Å². The molecule has 0 saturated carbocycles. The summed E-state index contributed by atoms with van der Waals surface area (Å²) in [6.45, 7) is 7.63. The highest BCUT2D eigenvalue weighted by molar-refractivity contribution is 7.99. The van der Waals surface area contributed by atoms with Crippen LogP contribution in [-0.2, 0) is 9.53 Å². The van der Waals surface area contributed by atoms with E-state index in [0.717, 1.165) is 27.1 Å². The lowest BCUT2D eigenvalue weighted by molar-refractivity contribution is -0.113. The first-order valence-corrected chi connectivity index (χ1v) is 11.1. The van der Waals surface area contributed by atoms with E-state index in [1.54, 1.807) is 13.0 Å². The second kappa shape index (κ2) is 8.46. The zero-order valence-corrected chi connectivity index (χ0v) is 18.2. The zero-order valence-electron chi connectivity index (χ0n) is 15.8. The number of amides is 1. The van der Waals surface area contributed by atoms with Crippen LogP contribution in [0, 0.1) is 20.8 Å². The Morgan fingerprint density at radius 1 is 1.29 bits per heavy atom. The lowest BCUT2D eigenvalue weighted by Crippen LogP contribution is -2.17. The zero-order chi connectivity index (χ0) is 20.4. The summed E-state index contributed by atoms with van der Waals surface area (Å²) >= 11 is 3.91. The number of anilines is 1. The van der Waals surface area contributed by atoms with Crippen molar-refractivity contribution in [1.82, 2.24) is 9.97 Å². The number of thiophene rings is 2. The van der Waals surface area contributed by atoms with Gasteiger partial charge in [-0.1, -0.05) is 11.8 Å². The number of nitrogens with zero attached hydrogens (tertiary/aromatic N) is 1. The van der Waals surface area contributed by atoms with Gasteiger partial charge in [-0.3, -0.25) is 9.59 Å². The molecule has 0 aliphatic heterocycles. The molecule has 10 heteroatoms. The van der Waals surface area contributed by atoms with Crippen molar-refractivity contribution in [3.63, 3.8) is 0 Å². The molecule has 3 aromatic heterocycles. The summed E-state index contributed by atoms with van der Waals surface area (Å²) < 4.78 is 5.09. The van der Waals surface area contributed by atoms with Crippen LogP contribution in [0.1, 0.15) is 32.6 Å². The molecule has 148 valence electrons. The maximum absolute atomic E-state index is 12.4. The molecular formula is C18H19N3O4S3. The molecule has 0 atom stereocenters. The van der Waals surface area contributed by atoms with Gasteiger partial charge in [-0.05, 0) is 39.3 Å². The van der Waals surface area contributed by atoms with E-state index in [1.807, 2.05) is 20.8 Å². The first-order chi connectivity index (χ1) is 13.3. The summed E-state index contributed by atoms with van der Waals surface area (Å²) in [7, 11) is 0. The molecule has 0 aliphatic rings. The summed E-state index contributed by atoms with van der Waals surface area (Å²) in [6.07, 6.45) is 0. The predicted octanol–water partition coefficient (Wildman–Crippen LogP) is 3.88. The Labute approximate surface area is 173 Å². The number of aromatic amines is 1. The van der Waals surface area contributed by atoms with Crippen molar-refractivity contribution in [3.8, 4) is 0 Å². The molecule has 0 saturated heterocycles. The number of ether oxygens (including phenoxy) is 1. The van der Waals surface area contributed by atoms with Gasteiger partial charge in [0.15, 0.2) is 5.16 Å². The Kier molecular flexibility index (Phi) is 6.21. The van der Waals surface area contributed by atoms with Gasteiger partial charge in [0.05, 0.1) is 23.3 Å². The van der Waals surface area contributed by atoms with Crippen molar-refractivity contribution in [1.29, 1.82) is 0 Å². The Morgan fingerprint density at radius 2 is 2.04 bits per heavy atom. The Morgan fingerprint density at radius 3 is 2.75 bits per heavy atom. The molecule has 0 aliphatic carbocycles. The van der Waals surface area contributed by atoms with Crippen LogP contribution in [-0.4, -0.2) is 34.2 Å². The summed E-state index contributed by atoms with van der Waals surface area (Å²) in [6, 6.07) is 1.80. The molecule has 3 aromatic rings. The molecule has 0 bridgehead atoms. The fourth-order valence-corrected chi connectivity index (χ4v) is 5.22. The van der Waals surface area contributed by atoms with Gasteiger partial charge in [-0.2, -0.15) is 0 Å². The normalized spacial score (nSPS) is 11.0. The highest BCUT2D eigenvalue weighted by Gasteiger charge is 2.22. The number of hydrogen-bond acceptors (Lipinski definition) is 8. The number of rotatable bonds is 6. The van der Waals surface area contributed by atoms with E-state index in [0.29, 0.717) is 25.9 Å². The fourth-order valence-electron chi connectivity index (χ4n) is 2.56. The standard InChI is InChI=1S/C18H19N3O4S3/c1-5-25-17(24)13-9(3)10(4)28-16(13)19-12(22)7-26-18-20-14(23)11-6-8(2)27-15(11)21-18/h6H,5,7H2,1-4H3,(H,19,22)(H,20,21,23). The summed E-state index contributed by atoms with van der Waals surface area (Å²) in [5.41, 5.74) is 0.979. The van der Waals surface area contributed by atoms with Gasteiger partial charge < -0.3 is 15.0 Å². The second-order valence-electron chi connectivity index (χ2n) is 5.99. The van der Waals surface area contributed by atoms with Crippen LogP contribution in [0.15, 0.2) is 16.0 Å². The van der Waals surface area contributed by atoms with Gasteiger partial charge in [0.2, 0.25) is 5.91 Å². The lowest BCUT2D eigenvalue weighted by Gasteiger charge is -2.07. The number of fused-ring (bicyclic) bond motifs is 1. The number of nitrogens with one attached hydrogen (secondary N) is 2. The van der Waals surface area contributed by atoms with Crippen LogP contribution in [0.4, 0.5) is 5.00 Å². The molecule has 1 amide bonds. The molecule has 0 spiro atoms. The number of H-pyrrole nitrogens is 1. The quantitative estimate of drug-likeness (QED) is 0.345. The van der Waals surface area contributed by atoms with Crippen molar-refractivity contribution in [2.24, 2.45) is 0 Å². The van der Waals surface area contributed by atoms with Crippen molar-refractivity contribution >= 4 is 61.5 Å². The van der Waals surface area contributed by atoms with Gasteiger partial charge in [-0.15, -0.1) is 22.7 Å². The third kappa shape index (κ3) is 4.29. The minimum absolute atomic E-state index is 0.0526. The molecular weight excluding hydrogens is 418 g/mol. The number of thioether (sulfide) groups is 1. The topological polar surface area (TPSA) is 101 Å². The average molecular weight is 438 g/mol. The van der Waals surface area contributed by atoms with E-state index in [1.165, 1.54) is 22.7 Å². The van der Waals surface area contributed by atoms with E-state index in [9.17, 15) is 14.4 Å². The molecule has 0 aromatic carbocycles. The predicted molar refractivity (Wildman–Crippen MR) is 114 cm³/mol. The highest BCUT2D eigenvalue weighted by Crippen LogP contribution is 2.33. The van der Waals surface area contributed by atoms with E-state index in [2.05, 4.69) is 15.3 Å². The van der Waals surface area contributed by atoms with Crippen molar-refractivity contribution in [2.75, 3.05) is 17.7 Å². The van der Waals surface area contributed by atoms with E-state index in [4.69, 9.17) is 4.74 Å². The molecule has 7 nitrogen and oxygen atoms in total. The number of aryl methyl sites for hydroxylation is 2. The van der Waals surface area contributed by atoms with Gasteiger partial charge in [-0.25, -0.2) is 9.78 Å². The van der Waals surface area contributed by atoms with Gasteiger partial charge >= 0.3 is 5.97 Å². The third-order valence-corrected chi connectivity index (χ3v) is 6.90.